The zero-order valence-electron chi connectivity index (χ0n) is 18.4. The van der Waals surface area contributed by atoms with Crippen LogP contribution in [0.5, 0.6) is 0 Å². The third kappa shape index (κ3) is 3.80. The predicted octanol–water partition coefficient (Wildman–Crippen LogP) is 2.55. The third-order valence-electron chi connectivity index (χ3n) is 6.12. The first-order valence-electron chi connectivity index (χ1n) is 10.7. The fourth-order valence-corrected chi connectivity index (χ4v) is 6.07. The molecule has 0 spiro atoms. The second kappa shape index (κ2) is 7.99. The smallest absolute Gasteiger partial charge is 0.228 e. The fraction of sp³-hybridized carbons (Fsp3) is 0.391. The Morgan fingerprint density at radius 2 is 2.06 bits per heavy atom. The molecular formula is C23H28N6O2S. The number of anilines is 2. The lowest BCUT2D eigenvalue weighted by Crippen LogP contribution is -2.61. The van der Waals surface area contributed by atoms with Crippen LogP contribution in [-0.4, -0.2) is 58.8 Å². The molecule has 1 unspecified atom stereocenters. The van der Waals surface area contributed by atoms with Gasteiger partial charge in [0.25, 0.3) is 0 Å². The van der Waals surface area contributed by atoms with Gasteiger partial charge in [-0.3, -0.25) is 0 Å². The number of hydrogen-bond acceptors (Lipinski definition) is 8. The van der Waals surface area contributed by atoms with Crippen LogP contribution in [0.4, 0.5) is 11.8 Å². The Kier molecular flexibility index (Phi) is 5.27. The summed E-state index contributed by atoms with van der Waals surface area (Å²) < 4.78 is 23.1. The van der Waals surface area contributed by atoms with Gasteiger partial charge in [0.2, 0.25) is 5.95 Å². The maximum atomic E-state index is 13.5. The van der Waals surface area contributed by atoms with E-state index in [9.17, 15) is 4.21 Å². The molecule has 168 valence electrons. The van der Waals surface area contributed by atoms with Crippen LogP contribution in [0.2, 0.25) is 0 Å². The molecule has 5 rings (SSSR count). The molecule has 3 heterocycles. The number of hydrogen-bond donors (Lipinski definition) is 2. The van der Waals surface area contributed by atoms with Gasteiger partial charge in [-0.2, -0.15) is 4.98 Å². The van der Waals surface area contributed by atoms with E-state index in [0.717, 1.165) is 32.7 Å². The van der Waals surface area contributed by atoms with Gasteiger partial charge in [-0.05, 0) is 30.7 Å². The van der Waals surface area contributed by atoms with Gasteiger partial charge in [-0.25, -0.2) is 13.6 Å². The van der Waals surface area contributed by atoms with Crippen LogP contribution >= 0.6 is 0 Å². The highest BCUT2D eigenvalue weighted by Crippen LogP contribution is 2.30. The number of fused-ring (bicyclic) bond motifs is 2. The SMILES string of the molecule is CN=S1(=O)CCN(c2nc(NCC3(N)COC3)c3cc(C)ccc3n2)Cc2ccccc21. The number of benzene rings is 2. The van der Waals surface area contributed by atoms with Crippen molar-refractivity contribution < 1.29 is 8.95 Å². The van der Waals surface area contributed by atoms with Crippen LogP contribution < -0.4 is 16.0 Å². The summed E-state index contributed by atoms with van der Waals surface area (Å²) in [5, 5.41) is 4.40. The third-order valence-corrected chi connectivity index (χ3v) is 8.53. The van der Waals surface area contributed by atoms with Crippen molar-refractivity contribution in [2.45, 2.75) is 23.9 Å². The Morgan fingerprint density at radius 3 is 2.81 bits per heavy atom. The summed E-state index contributed by atoms with van der Waals surface area (Å²) in [5.41, 5.74) is 8.96. The van der Waals surface area contributed by atoms with Crippen LogP contribution in [0.15, 0.2) is 51.7 Å². The van der Waals surface area contributed by atoms with E-state index in [1.807, 2.05) is 36.4 Å². The van der Waals surface area contributed by atoms with Crippen molar-refractivity contribution in [3.05, 3.63) is 53.6 Å². The van der Waals surface area contributed by atoms with E-state index in [2.05, 4.69) is 27.6 Å². The fourth-order valence-electron chi connectivity index (χ4n) is 4.17. The molecule has 1 aromatic heterocycles. The van der Waals surface area contributed by atoms with Gasteiger partial charge < -0.3 is 20.7 Å². The Bertz CT molecular complexity index is 1300. The van der Waals surface area contributed by atoms with E-state index in [1.165, 1.54) is 0 Å². The lowest BCUT2D eigenvalue weighted by Gasteiger charge is -2.38. The molecule has 0 radical (unpaired) electrons. The topological polar surface area (TPSA) is 106 Å². The Labute approximate surface area is 188 Å². The molecule has 1 saturated heterocycles. The quantitative estimate of drug-likeness (QED) is 0.627. The summed E-state index contributed by atoms with van der Waals surface area (Å²) in [5.74, 6) is 1.79. The average molecular weight is 453 g/mol. The minimum Gasteiger partial charge on any atom is -0.377 e. The van der Waals surface area contributed by atoms with Crippen LogP contribution in [0.3, 0.4) is 0 Å². The van der Waals surface area contributed by atoms with Gasteiger partial charge >= 0.3 is 0 Å². The highest BCUT2D eigenvalue weighted by Gasteiger charge is 2.34. The van der Waals surface area contributed by atoms with E-state index in [-0.39, 0.29) is 5.54 Å². The lowest BCUT2D eigenvalue weighted by atomic mass is 9.99. The van der Waals surface area contributed by atoms with Crippen molar-refractivity contribution in [2.75, 3.05) is 49.3 Å². The molecule has 2 aromatic carbocycles. The zero-order chi connectivity index (χ0) is 22.3. The maximum Gasteiger partial charge on any atom is 0.228 e. The molecule has 3 aromatic rings. The molecule has 2 aliphatic rings. The van der Waals surface area contributed by atoms with Crippen molar-refractivity contribution in [1.29, 1.82) is 0 Å². The van der Waals surface area contributed by atoms with Gasteiger partial charge in [-0.15, -0.1) is 0 Å². The molecule has 0 amide bonds. The van der Waals surface area contributed by atoms with E-state index in [4.69, 9.17) is 20.4 Å². The van der Waals surface area contributed by atoms with E-state index in [1.54, 1.807) is 7.05 Å². The van der Waals surface area contributed by atoms with Crippen molar-refractivity contribution in [2.24, 2.45) is 10.1 Å². The van der Waals surface area contributed by atoms with E-state index in [0.29, 0.717) is 44.5 Å². The molecule has 32 heavy (non-hydrogen) atoms. The van der Waals surface area contributed by atoms with Crippen molar-refractivity contribution >= 4 is 32.4 Å². The molecule has 0 bridgehead atoms. The summed E-state index contributed by atoms with van der Waals surface area (Å²) in [7, 11) is -0.829. The summed E-state index contributed by atoms with van der Waals surface area (Å²) in [6, 6.07) is 14.0. The molecule has 3 N–H and O–H groups in total. The van der Waals surface area contributed by atoms with Crippen molar-refractivity contribution in [3.63, 3.8) is 0 Å². The van der Waals surface area contributed by atoms with Crippen molar-refractivity contribution in [1.82, 2.24) is 9.97 Å². The number of ether oxygens (including phenoxy) is 1. The standard InChI is InChI=1S/C23H28N6O2S/c1-16-7-8-19-18(11-16)21(26-13-23(24)14-31-15-23)28-22(27-19)29-9-10-32(30,25-2)20-6-4-3-5-17(20)12-29/h3-8,11H,9-10,12-15,24H2,1-2H3,(H,26,27,28). The predicted molar refractivity (Wildman–Crippen MR) is 128 cm³/mol. The summed E-state index contributed by atoms with van der Waals surface area (Å²) in [4.78, 5) is 12.7. The lowest BCUT2D eigenvalue weighted by molar-refractivity contribution is -0.0461. The number of aromatic nitrogens is 2. The first kappa shape index (κ1) is 21.1. The molecule has 0 aliphatic carbocycles. The minimum absolute atomic E-state index is 0.378. The maximum absolute atomic E-state index is 13.5. The number of nitrogens with zero attached hydrogens (tertiary/aromatic N) is 4. The second-order valence-electron chi connectivity index (χ2n) is 8.66. The number of aryl methyl sites for hydroxylation is 1. The van der Waals surface area contributed by atoms with Gasteiger partial charge in [0.15, 0.2) is 0 Å². The molecule has 9 heteroatoms. The van der Waals surface area contributed by atoms with Crippen molar-refractivity contribution in [3.8, 4) is 0 Å². The van der Waals surface area contributed by atoms with Gasteiger partial charge in [0.1, 0.15) is 5.82 Å². The minimum atomic E-state index is -2.47. The average Bonchev–Trinajstić information content (AvgIpc) is 2.93. The van der Waals surface area contributed by atoms with Crippen LogP contribution in [0.1, 0.15) is 11.1 Å². The van der Waals surface area contributed by atoms with Crippen LogP contribution in [-0.2, 0) is 21.0 Å². The molecule has 8 nitrogen and oxygen atoms in total. The largest absolute Gasteiger partial charge is 0.377 e. The number of nitrogens with two attached hydrogens (primary N) is 1. The summed E-state index contributed by atoms with van der Waals surface area (Å²) in [6.07, 6.45) is 0. The number of rotatable bonds is 4. The molecule has 0 saturated carbocycles. The van der Waals surface area contributed by atoms with Gasteiger partial charge in [-0.1, -0.05) is 29.8 Å². The zero-order valence-corrected chi connectivity index (χ0v) is 19.2. The first-order valence-corrected chi connectivity index (χ1v) is 12.4. The highest BCUT2D eigenvalue weighted by molar-refractivity contribution is 7.93. The normalized spacial score (nSPS) is 22.0. The van der Waals surface area contributed by atoms with Crippen LogP contribution in [0, 0.1) is 6.92 Å². The Morgan fingerprint density at radius 1 is 1.25 bits per heavy atom. The van der Waals surface area contributed by atoms with Gasteiger partial charge in [0, 0.05) is 32.1 Å². The van der Waals surface area contributed by atoms with Gasteiger partial charge in [0.05, 0.1) is 44.6 Å². The van der Waals surface area contributed by atoms with E-state index >= 15 is 0 Å². The number of nitrogens with one attached hydrogen (secondary N) is 1. The Balaban J connectivity index is 1.55. The second-order valence-corrected chi connectivity index (χ2v) is 11.2. The Hall–Kier alpha value is -2.75. The molecule has 2 aliphatic heterocycles. The summed E-state index contributed by atoms with van der Waals surface area (Å²) in [6.45, 7) is 4.82. The summed E-state index contributed by atoms with van der Waals surface area (Å²) >= 11 is 0. The molecule has 1 fully saturated rings. The molecule has 1 atom stereocenters. The highest BCUT2D eigenvalue weighted by atomic mass is 32.2. The van der Waals surface area contributed by atoms with Crippen LogP contribution in [0.25, 0.3) is 10.9 Å². The monoisotopic (exact) mass is 452 g/mol. The first-order chi connectivity index (χ1) is 15.4. The molecular weight excluding hydrogens is 424 g/mol. The van der Waals surface area contributed by atoms with E-state index < -0.39 is 9.73 Å².